The van der Waals surface area contributed by atoms with E-state index in [0.717, 1.165) is 11.3 Å². The molecule has 0 aliphatic rings. The third-order valence-electron chi connectivity index (χ3n) is 2.89. The van der Waals surface area contributed by atoms with E-state index in [1.54, 1.807) is 13.8 Å². The Hall–Kier alpha value is -1.93. The standard InChI is InChI=1S/C16H23NO6S/c1-6-22-15(19)12-10(4)13(16(20)23-7-9(2)3)24-14(12)17-11(18)8-21-5/h9H,6-8H2,1-5H3,(H,17,18). The molecule has 1 rings (SSSR count). The van der Waals surface area contributed by atoms with E-state index < -0.39 is 17.8 Å². The molecule has 134 valence electrons. The molecule has 0 bridgehead atoms. The lowest BCUT2D eigenvalue weighted by Crippen LogP contribution is -2.18. The van der Waals surface area contributed by atoms with Crippen LogP contribution >= 0.6 is 11.3 Å². The van der Waals surface area contributed by atoms with E-state index in [2.05, 4.69) is 5.32 Å². The molecule has 0 radical (unpaired) electrons. The number of hydrogen-bond donors (Lipinski definition) is 1. The van der Waals surface area contributed by atoms with Crippen molar-refractivity contribution in [3.05, 3.63) is 16.0 Å². The number of methoxy groups -OCH3 is 1. The number of amides is 1. The quantitative estimate of drug-likeness (QED) is 0.719. The largest absolute Gasteiger partial charge is 0.462 e. The fraction of sp³-hybridized carbons (Fsp3) is 0.562. The molecule has 0 atom stereocenters. The van der Waals surface area contributed by atoms with Gasteiger partial charge in [-0.1, -0.05) is 13.8 Å². The van der Waals surface area contributed by atoms with Crippen molar-refractivity contribution in [1.82, 2.24) is 0 Å². The zero-order valence-corrected chi connectivity index (χ0v) is 15.4. The van der Waals surface area contributed by atoms with Gasteiger partial charge in [0.25, 0.3) is 5.91 Å². The van der Waals surface area contributed by atoms with Gasteiger partial charge in [-0.25, -0.2) is 9.59 Å². The number of carbonyl (C=O) groups excluding carboxylic acids is 3. The van der Waals surface area contributed by atoms with Gasteiger partial charge < -0.3 is 19.5 Å². The molecule has 0 aromatic carbocycles. The van der Waals surface area contributed by atoms with Gasteiger partial charge in [0, 0.05) is 7.11 Å². The number of hydrogen-bond acceptors (Lipinski definition) is 7. The Balaban J connectivity index is 3.15. The number of anilines is 1. The second kappa shape index (κ2) is 9.39. The van der Waals surface area contributed by atoms with Crippen LogP contribution in [0.3, 0.4) is 0 Å². The highest BCUT2D eigenvalue weighted by Crippen LogP contribution is 2.34. The van der Waals surface area contributed by atoms with Crippen molar-refractivity contribution < 1.29 is 28.6 Å². The third-order valence-corrected chi connectivity index (χ3v) is 4.08. The van der Waals surface area contributed by atoms with Gasteiger partial charge in [-0.15, -0.1) is 11.3 Å². The van der Waals surface area contributed by atoms with E-state index in [4.69, 9.17) is 14.2 Å². The summed E-state index contributed by atoms with van der Waals surface area (Å²) in [6, 6.07) is 0. The van der Waals surface area contributed by atoms with Crippen LogP contribution in [0.1, 0.15) is 46.4 Å². The molecule has 0 saturated heterocycles. The molecule has 1 heterocycles. The van der Waals surface area contributed by atoms with Crippen molar-refractivity contribution in [2.75, 3.05) is 32.2 Å². The Bertz CT molecular complexity index is 608. The second-order valence-corrected chi connectivity index (χ2v) is 6.47. The Labute approximate surface area is 145 Å². The number of ether oxygens (including phenoxy) is 3. The minimum absolute atomic E-state index is 0.160. The van der Waals surface area contributed by atoms with Gasteiger partial charge in [0.1, 0.15) is 16.5 Å². The van der Waals surface area contributed by atoms with Crippen molar-refractivity contribution in [2.24, 2.45) is 5.92 Å². The topological polar surface area (TPSA) is 90.9 Å². The molecular formula is C16H23NO6S. The molecule has 0 fully saturated rings. The molecule has 24 heavy (non-hydrogen) atoms. The molecule has 8 heteroatoms. The summed E-state index contributed by atoms with van der Waals surface area (Å²) in [5, 5.41) is 2.83. The van der Waals surface area contributed by atoms with E-state index in [1.165, 1.54) is 7.11 Å². The van der Waals surface area contributed by atoms with Gasteiger partial charge in [0.2, 0.25) is 0 Å². The molecule has 1 aromatic heterocycles. The zero-order valence-electron chi connectivity index (χ0n) is 14.6. The maximum Gasteiger partial charge on any atom is 0.348 e. The van der Waals surface area contributed by atoms with E-state index in [0.29, 0.717) is 5.56 Å². The van der Waals surface area contributed by atoms with Gasteiger partial charge in [-0.2, -0.15) is 0 Å². The first-order valence-corrected chi connectivity index (χ1v) is 8.39. The van der Waals surface area contributed by atoms with Crippen LogP contribution in [0.5, 0.6) is 0 Å². The first kappa shape index (κ1) is 20.1. The highest BCUT2D eigenvalue weighted by Gasteiger charge is 2.27. The second-order valence-electron chi connectivity index (χ2n) is 5.45. The maximum atomic E-state index is 12.2. The zero-order chi connectivity index (χ0) is 18.3. The fourth-order valence-corrected chi connectivity index (χ4v) is 2.95. The molecule has 0 spiro atoms. The predicted molar refractivity (Wildman–Crippen MR) is 90.6 cm³/mol. The third kappa shape index (κ3) is 5.31. The smallest absolute Gasteiger partial charge is 0.348 e. The molecular weight excluding hydrogens is 334 g/mol. The van der Waals surface area contributed by atoms with Crippen LogP contribution in [0.15, 0.2) is 0 Å². The minimum atomic E-state index is -0.595. The summed E-state index contributed by atoms with van der Waals surface area (Å²) in [7, 11) is 1.39. The Morgan fingerprint density at radius 3 is 2.38 bits per heavy atom. The summed E-state index contributed by atoms with van der Waals surface area (Å²) < 4.78 is 15.0. The van der Waals surface area contributed by atoms with Gasteiger partial charge in [-0.3, -0.25) is 4.79 Å². The van der Waals surface area contributed by atoms with Crippen LogP contribution < -0.4 is 5.32 Å². The van der Waals surface area contributed by atoms with E-state index in [1.807, 2.05) is 13.8 Å². The molecule has 1 N–H and O–H groups in total. The fourth-order valence-electron chi connectivity index (χ4n) is 1.85. The van der Waals surface area contributed by atoms with Crippen LogP contribution in [0.25, 0.3) is 0 Å². The molecule has 0 aliphatic carbocycles. The van der Waals surface area contributed by atoms with Crippen LogP contribution in [0, 0.1) is 12.8 Å². The van der Waals surface area contributed by atoms with Gasteiger partial charge in [0.05, 0.1) is 18.8 Å². The Morgan fingerprint density at radius 1 is 1.17 bits per heavy atom. The average Bonchev–Trinajstić information content (AvgIpc) is 2.81. The first-order chi connectivity index (χ1) is 11.3. The van der Waals surface area contributed by atoms with Gasteiger partial charge in [0.15, 0.2) is 0 Å². The van der Waals surface area contributed by atoms with Gasteiger partial charge in [-0.05, 0) is 25.3 Å². The maximum absolute atomic E-state index is 12.2. The summed E-state index contributed by atoms with van der Waals surface area (Å²) in [6.07, 6.45) is 0. The highest BCUT2D eigenvalue weighted by atomic mass is 32.1. The van der Waals surface area contributed by atoms with Crippen molar-refractivity contribution in [3.63, 3.8) is 0 Å². The number of esters is 2. The van der Waals surface area contributed by atoms with Crippen molar-refractivity contribution in [1.29, 1.82) is 0 Å². The molecule has 7 nitrogen and oxygen atoms in total. The monoisotopic (exact) mass is 357 g/mol. The van der Waals surface area contributed by atoms with E-state index in [-0.39, 0.29) is 41.2 Å². The molecule has 1 amide bonds. The molecule has 0 saturated carbocycles. The van der Waals surface area contributed by atoms with Crippen LogP contribution in [0.2, 0.25) is 0 Å². The summed E-state index contributed by atoms with van der Waals surface area (Å²) in [4.78, 5) is 36.4. The van der Waals surface area contributed by atoms with E-state index in [9.17, 15) is 14.4 Å². The normalized spacial score (nSPS) is 10.6. The lowest BCUT2D eigenvalue weighted by atomic mass is 10.1. The summed E-state index contributed by atoms with van der Waals surface area (Å²) in [5.74, 6) is -1.35. The Kier molecular flexibility index (Phi) is 7.87. The van der Waals surface area contributed by atoms with Crippen molar-refractivity contribution in [2.45, 2.75) is 27.7 Å². The molecule has 0 unspecified atom stereocenters. The number of nitrogens with one attached hydrogen (secondary N) is 1. The SMILES string of the molecule is CCOC(=O)c1c(NC(=O)COC)sc(C(=O)OCC(C)C)c1C. The van der Waals surface area contributed by atoms with Crippen molar-refractivity contribution in [3.8, 4) is 0 Å². The summed E-state index contributed by atoms with van der Waals surface area (Å²) in [6.45, 7) is 7.46. The average molecular weight is 357 g/mol. The highest BCUT2D eigenvalue weighted by molar-refractivity contribution is 7.18. The molecule has 1 aromatic rings. The number of carbonyl (C=O) groups is 3. The van der Waals surface area contributed by atoms with E-state index >= 15 is 0 Å². The predicted octanol–water partition coefficient (Wildman–Crippen LogP) is 2.63. The van der Waals surface area contributed by atoms with Crippen LogP contribution in [-0.4, -0.2) is 44.8 Å². The number of thiophene rings is 1. The lowest BCUT2D eigenvalue weighted by Gasteiger charge is -2.07. The van der Waals surface area contributed by atoms with Crippen LogP contribution in [-0.2, 0) is 19.0 Å². The number of rotatable bonds is 8. The first-order valence-electron chi connectivity index (χ1n) is 7.58. The minimum Gasteiger partial charge on any atom is -0.462 e. The molecule has 0 aliphatic heterocycles. The Morgan fingerprint density at radius 2 is 1.83 bits per heavy atom. The van der Waals surface area contributed by atoms with Gasteiger partial charge >= 0.3 is 11.9 Å². The van der Waals surface area contributed by atoms with Crippen molar-refractivity contribution >= 4 is 34.2 Å². The summed E-state index contributed by atoms with van der Waals surface area (Å²) >= 11 is 0.991. The van der Waals surface area contributed by atoms with Crippen LogP contribution in [0.4, 0.5) is 5.00 Å². The lowest BCUT2D eigenvalue weighted by molar-refractivity contribution is -0.119. The summed E-state index contributed by atoms with van der Waals surface area (Å²) in [5.41, 5.74) is 0.600.